The first-order chi connectivity index (χ1) is 17.5. The quantitative estimate of drug-likeness (QED) is 0.333. The summed E-state index contributed by atoms with van der Waals surface area (Å²) < 4.78 is 54.6. The number of rotatable bonds is 6. The van der Waals surface area contributed by atoms with E-state index in [9.17, 15) is 22.4 Å². The van der Waals surface area contributed by atoms with E-state index in [0.717, 1.165) is 66.4 Å². The van der Waals surface area contributed by atoms with Crippen LogP contribution in [-0.4, -0.2) is 55.4 Å². The number of anilines is 2. The van der Waals surface area contributed by atoms with Gasteiger partial charge in [-0.1, -0.05) is 0 Å². The van der Waals surface area contributed by atoms with Crippen LogP contribution in [0.4, 0.5) is 29.1 Å². The highest BCUT2D eigenvalue weighted by atomic mass is 19.4. The molecule has 4 rings (SSSR count). The highest BCUT2D eigenvalue weighted by Gasteiger charge is 2.31. The van der Waals surface area contributed by atoms with Crippen LogP contribution >= 0.6 is 0 Å². The number of hydrogen-bond donors (Lipinski definition) is 1. The third-order valence-corrected chi connectivity index (χ3v) is 6.41. The lowest BCUT2D eigenvalue weighted by Crippen LogP contribution is -2.42. The number of nitrogens with one attached hydrogen (secondary N) is 1. The van der Waals surface area contributed by atoms with E-state index in [1.165, 1.54) is 6.08 Å². The first kappa shape index (κ1) is 26.4. The van der Waals surface area contributed by atoms with Crippen LogP contribution in [-0.2, 0) is 4.79 Å². The molecule has 0 unspecified atom stereocenters. The number of nitrogens with zero attached hydrogens (tertiary/aromatic N) is 3. The van der Waals surface area contributed by atoms with Gasteiger partial charge in [-0.25, -0.2) is 9.37 Å². The van der Waals surface area contributed by atoms with Crippen molar-refractivity contribution in [3.05, 3.63) is 65.5 Å². The van der Waals surface area contributed by atoms with Gasteiger partial charge in [0.15, 0.2) is 0 Å². The number of aromatic nitrogens is 1. The van der Waals surface area contributed by atoms with Gasteiger partial charge in [-0.15, -0.1) is 13.2 Å². The molecule has 1 aliphatic rings. The number of pyridine rings is 1. The summed E-state index contributed by atoms with van der Waals surface area (Å²) in [6, 6.07) is 10.7. The van der Waals surface area contributed by atoms with Gasteiger partial charge in [-0.2, -0.15) is 0 Å². The van der Waals surface area contributed by atoms with Crippen LogP contribution in [0.1, 0.15) is 24.0 Å². The maximum absolute atomic E-state index is 14.1. The Balaban J connectivity index is 1.43. The molecule has 0 spiro atoms. The molecule has 196 valence electrons. The molecule has 0 saturated carbocycles. The number of aryl methyl sites for hydroxylation is 1. The van der Waals surface area contributed by atoms with Crippen LogP contribution in [0, 0.1) is 12.7 Å². The number of hydrogen-bond acceptors (Lipinski definition) is 5. The van der Waals surface area contributed by atoms with Crippen molar-refractivity contribution in [1.82, 2.24) is 9.88 Å². The van der Waals surface area contributed by atoms with Gasteiger partial charge in [0.25, 0.3) is 0 Å². The molecule has 1 aliphatic heterocycles. The molecule has 37 heavy (non-hydrogen) atoms. The minimum Gasteiger partial charge on any atom is -0.406 e. The Kier molecular flexibility index (Phi) is 7.68. The van der Waals surface area contributed by atoms with Gasteiger partial charge in [0.1, 0.15) is 17.4 Å². The Labute approximate surface area is 212 Å². The van der Waals surface area contributed by atoms with E-state index in [2.05, 4.69) is 40.0 Å². The second kappa shape index (κ2) is 10.8. The third kappa shape index (κ3) is 6.76. The molecular weight excluding hydrogens is 488 g/mol. The van der Waals surface area contributed by atoms with Gasteiger partial charge < -0.3 is 19.9 Å². The van der Waals surface area contributed by atoms with Gasteiger partial charge in [0.05, 0.1) is 5.52 Å². The lowest BCUT2D eigenvalue weighted by Gasteiger charge is -2.36. The summed E-state index contributed by atoms with van der Waals surface area (Å²) in [4.78, 5) is 21.8. The van der Waals surface area contributed by atoms with Crippen molar-refractivity contribution >= 4 is 34.4 Å². The molecule has 1 saturated heterocycles. The largest absolute Gasteiger partial charge is 0.573 e. The van der Waals surface area contributed by atoms with E-state index in [1.54, 1.807) is 6.07 Å². The molecule has 0 bridgehead atoms. The molecule has 6 nitrogen and oxygen atoms in total. The number of halogens is 4. The number of carbonyl (C=O) groups is 1. The van der Waals surface area contributed by atoms with E-state index in [-0.39, 0.29) is 5.56 Å². The smallest absolute Gasteiger partial charge is 0.406 e. The summed E-state index contributed by atoms with van der Waals surface area (Å²) in [5.41, 5.74) is 2.34. The van der Waals surface area contributed by atoms with Gasteiger partial charge in [-0.3, -0.25) is 4.79 Å². The summed E-state index contributed by atoms with van der Waals surface area (Å²) in [5.74, 6) is -1.19. The fourth-order valence-corrected chi connectivity index (χ4v) is 4.42. The predicted molar refractivity (Wildman–Crippen MR) is 136 cm³/mol. The Morgan fingerprint density at radius 2 is 1.86 bits per heavy atom. The highest BCUT2D eigenvalue weighted by Crippen LogP contribution is 2.28. The molecule has 10 heteroatoms. The summed E-state index contributed by atoms with van der Waals surface area (Å²) >= 11 is 0. The first-order valence-corrected chi connectivity index (χ1v) is 11.9. The van der Waals surface area contributed by atoms with Crippen molar-refractivity contribution < 1.29 is 27.1 Å². The molecular formula is C27H28F4N4O2. The zero-order chi connectivity index (χ0) is 26.7. The summed E-state index contributed by atoms with van der Waals surface area (Å²) in [7, 11) is 4.22. The first-order valence-electron chi connectivity index (χ1n) is 11.9. The van der Waals surface area contributed by atoms with E-state index >= 15 is 0 Å². The number of carbonyl (C=O) groups excluding carboxylic acids is 1. The van der Waals surface area contributed by atoms with Gasteiger partial charge in [-0.05, 0) is 81.9 Å². The van der Waals surface area contributed by atoms with E-state index in [0.29, 0.717) is 17.8 Å². The number of ether oxygens (including phenoxy) is 1. The van der Waals surface area contributed by atoms with Crippen LogP contribution < -0.4 is 15.0 Å². The molecule has 2 aromatic carbocycles. The van der Waals surface area contributed by atoms with Crippen molar-refractivity contribution in [1.29, 1.82) is 0 Å². The summed E-state index contributed by atoms with van der Waals surface area (Å²) in [5, 5.41) is 3.63. The lowest BCUT2D eigenvalue weighted by atomic mass is 10.0. The average molecular weight is 517 g/mol. The topological polar surface area (TPSA) is 57.7 Å². The SMILES string of the molecule is Cc1cc(N2CCC(N(C)C)CC2)nc2ccc(NC(=O)C=Cc3ccc(OC(F)(F)F)cc3F)cc12. The average Bonchev–Trinajstić information content (AvgIpc) is 2.83. The fourth-order valence-electron chi connectivity index (χ4n) is 4.42. The Morgan fingerprint density at radius 1 is 1.14 bits per heavy atom. The highest BCUT2D eigenvalue weighted by molar-refractivity contribution is 6.03. The Morgan fingerprint density at radius 3 is 2.51 bits per heavy atom. The zero-order valence-electron chi connectivity index (χ0n) is 20.8. The molecule has 1 fully saturated rings. The zero-order valence-corrected chi connectivity index (χ0v) is 20.8. The fraction of sp³-hybridized carbons (Fsp3) is 0.333. The van der Waals surface area contributed by atoms with Crippen molar-refractivity contribution in [3.63, 3.8) is 0 Å². The minimum atomic E-state index is -4.91. The number of fused-ring (bicyclic) bond motifs is 1. The minimum absolute atomic E-state index is 0.0506. The number of benzene rings is 2. The van der Waals surface area contributed by atoms with Crippen LogP contribution in [0.5, 0.6) is 5.75 Å². The van der Waals surface area contributed by atoms with Gasteiger partial charge in [0.2, 0.25) is 5.91 Å². The van der Waals surface area contributed by atoms with Crippen LogP contribution in [0.2, 0.25) is 0 Å². The monoisotopic (exact) mass is 516 g/mol. The van der Waals surface area contributed by atoms with Crippen molar-refractivity contribution in [2.45, 2.75) is 32.2 Å². The number of amides is 1. The predicted octanol–water partition coefficient (Wildman–Crippen LogP) is 5.76. The van der Waals surface area contributed by atoms with E-state index in [1.807, 2.05) is 19.1 Å². The molecule has 0 aliphatic carbocycles. The van der Waals surface area contributed by atoms with Crippen LogP contribution in [0.15, 0.2) is 48.5 Å². The van der Waals surface area contributed by atoms with Gasteiger partial charge in [0, 0.05) is 47.9 Å². The molecule has 3 aromatic rings. The summed E-state index contributed by atoms with van der Waals surface area (Å²) in [6.07, 6.45) is -0.457. The second-order valence-corrected chi connectivity index (χ2v) is 9.26. The maximum atomic E-state index is 14.1. The molecule has 2 heterocycles. The molecule has 1 amide bonds. The van der Waals surface area contributed by atoms with Gasteiger partial charge >= 0.3 is 6.36 Å². The molecule has 1 N–H and O–H groups in total. The Hall–Kier alpha value is -3.66. The molecule has 0 atom stereocenters. The Bertz CT molecular complexity index is 1320. The normalized spacial score (nSPS) is 15.1. The third-order valence-electron chi connectivity index (χ3n) is 6.41. The summed E-state index contributed by atoms with van der Waals surface area (Å²) in [6.45, 7) is 3.89. The second-order valence-electron chi connectivity index (χ2n) is 9.26. The van der Waals surface area contributed by atoms with Crippen molar-refractivity contribution in [2.24, 2.45) is 0 Å². The van der Waals surface area contributed by atoms with Crippen molar-refractivity contribution in [2.75, 3.05) is 37.4 Å². The molecule has 1 aromatic heterocycles. The van der Waals surface area contributed by atoms with Crippen molar-refractivity contribution in [3.8, 4) is 5.75 Å². The maximum Gasteiger partial charge on any atom is 0.573 e. The lowest BCUT2D eigenvalue weighted by molar-refractivity contribution is -0.274. The van der Waals surface area contributed by atoms with Crippen LogP contribution in [0.3, 0.4) is 0 Å². The number of piperidine rings is 1. The standard InChI is InChI=1S/C27H28F4N4O2/c1-17-14-25(35-12-10-20(11-13-35)34(2)3)33-24-8-6-19(15-22(17)24)32-26(36)9-5-18-4-7-21(16-23(18)28)37-27(29,30)31/h4-9,14-16,20H,10-13H2,1-3H3,(H,32,36). The number of alkyl halides is 3. The van der Waals surface area contributed by atoms with E-state index < -0.39 is 23.8 Å². The van der Waals surface area contributed by atoms with Crippen LogP contribution in [0.25, 0.3) is 17.0 Å². The van der Waals surface area contributed by atoms with E-state index in [4.69, 9.17) is 4.98 Å². The molecule has 0 radical (unpaired) electrons.